The van der Waals surface area contributed by atoms with Gasteiger partial charge in [-0.2, -0.15) is 0 Å². The molecule has 0 aliphatic heterocycles. The normalized spacial score (nSPS) is 11.7. The van der Waals surface area contributed by atoms with Crippen LogP contribution in [-0.4, -0.2) is 121 Å². The number of rotatable bonds is 36. The van der Waals surface area contributed by atoms with Crippen LogP contribution in [0.5, 0.6) is 0 Å². The van der Waals surface area contributed by atoms with Crippen LogP contribution in [0, 0.1) is 5.92 Å². The van der Waals surface area contributed by atoms with Crippen LogP contribution < -0.4 is 0 Å². The van der Waals surface area contributed by atoms with Crippen molar-refractivity contribution in [2.45, 2.75) is 111 Å². The van der Waals surface area contributed by atoms with Crippen molar-refractivity contribution in [3.63, 3.8) is 0 Å². The van der Waals surface area contributed by atoms with E-state index in [0.717, 1.165) is 41.9 Å². The Morgan fingerprint density at radius 2 is 1.00 bits per heavy atom. The Bertz CT molecular complexity index is 676. The van der Waals surface area contributed by atoms with Gasteiger partial charge in [0.15, 0.2) is 0 Å². The summed E-state index contributed by atoms with van der Waals surface area (Å²) in [6.45, 7) is 11.3. The fourth-order valence-corrected chi connectivity index (χ4v) is 8.69. The van der Waals surface area contributed by atoms with Crippen molar-refractivity contribution in [1.29, 1.82) is 0 Å². The van der Waals surface area contributed by atoms with Crippen LogP contribution in [0.4, 0.5) is 0 Å². The van der Waals surface area contributed by atoms with Gasteiger partial charge in [0.2, 0.25) is 0 Å². The number of unbranched alkanes of at least 4 members (excludes halogenated alkanes) is 8. The summed E-state index contributed by atoms with van der Waals surface area (Å²) in [7, 11) is 7.27. The minimum atomic E-state index is -0.207. The number of nitrogens with zero attached hydrogens (tertiary/aromatic N) is 2. The SMILES string of the molecule is CCCCCCCCSSCCOC(=O)CCN(CCCN(CCO)CCO)CCC(=O)OCCSSCCCCCCC(C)C. The lowest BCUT2D eigenvalue weighted by Gasteiger charge is -2.24. The Balaban J connectivity index is 4.23. The van der Waals surface area contributed by atoms with E-state index < -0.39 is 0 Å². The zero-order valence-electron chi connectivity index (χ0n) is 29.4. The van der Waals surface area contributed by atoms with Crippen molar-refractivity contribution in [2.24, 2.45) is 5.92 Å². The van der Waals surface area contributed by atoms with Crippen LogP contribution in [-0.2, 0) is 19.1 Å². The largest absolute Gasteiger partial charge is 0.465 e. The van der Waals surface area contributed by atoms with Crippen molar-refractivity contribution in [3.8, 4) is 0 Å². The van der Waals surface area contributed by atoms with Gasteiger partial charge in [0, 0.05) is 49.2 Å². The Morgan fingerprint density at radius 1 is 0.565 bits per heavy atom. The zero-order valence-corrected chi connectivity index (χ0v) is 32.7. The van der Waals surface area contributed by atoms with Crippen LogP contribution in [0.3, 0.4) is 0 Å². The molecule has 0 aromatic rings. The summed E-state index contributed by atoms with van der Waals surface area (Å²) in [6, 6.07) is 0. The third-order valence-electron chi connectivity index (χ3n) is 7.41. The predicted octanol–water partition coefficient (Wildman–Crippen LogP) is 7.56. The summed E-state index contributed by atoms with van der Waals surface area (Å²) in [5.41, 5.74) is 0. The minimum absolute atomic E-state index is 0.0481. The van der Waals surface area contributed by atoms with E-state index in [9.17, 15) is 19.8 Å². The number of esters is 2. The van der Waals surface area contributed by atoms with Gasteiger partial charge in [-0.25, -0.2) is 0 Å². The summed E-state index contributed by atoms with van der Waals surface area (Å²) in [5.74, 6) is 4.26. The molecular formula is C34H68N2O6S4. The first-order valence-electron chi connectivity index (χ1n) is 17.9. The van der Waals surface area contributed by atoms with Crippen LogP contribution in [0.2, 0.25) is 0 Å². The fraction of sp³-hybridized carbons (Fsp3) is 0.941. The van der Waals surface area contributed by atoms with Gasteiger partial charge in [-0.3, -0.25) is 14.5 Å². The Kier molecular flexibility index (Phi) is 36.6. The molecule has 0 spiro atoms. The standard InChI is InChI=1S/C34H68N2O6S4/c1-4-5-6-7-9-12-28-43-45-30-26-41-33(39)16-20-35(18-14-19-36(22-24-37)23-25-38)21-17-34(40)42-27-31-46-44-29-13-10-8-11-15-32(2)3/h32,37-38H,4-31H2,1-3H3. The topological polar surface area (TPSA) is 99.5 Å². The van der Waals surface area contributed by atoms with Gasteiger partial charge < -0.3 is 24.6 Å². The molecule has 8 nitrogen and oxygen atoms in total. The monoisotopic (exact) mass is 728 g/mol. The molecule has 274 valence electrons. The second-order valence-electron chi connectivity index (χ2n) is 12.1. The molecule has 2 N–H and O–H groups in total. The Hall–Kier alpha value is 0.180. The van der Waals surface area contributed by atoms with E-state index in [0.29, 0.717) is 45.9 Å². The molecule has 0 aliphatic carbocycles. The molecule has 0 heterocycles. The highest BCUT2D eigenvalue weighted by Crippen LogP contribution is 2.24. The summed E-state index contributed by atoms with van der Waals surface area (Å²) in [4.78, 5) is 29.0. The van der Waals surface area contributed by atoms with E-state index in [1.807, 2.05) is 26.5 Å². The van der Waals surface area contributed by atoms with Gasteiger partial charge in [0.25, 0.3) is 0 Å². The molecule has 0 radical (unpaired) electrons. The van der Waals surface area contributed by atoms with Crippen molar-refractivity contribution in [3.05, 3.63) is 0 Å². The first-order valence-corrected chi connectivity index (χ1v) is 22.9. The zero-order chi connectivity index (χ0) is 33.9. The second kappa shape index (κ2) is 36.5. The van der Waals surface area contributed by atoms with Gasteiger partial charge in [-0.1, -0.05) is 122 Å². The number of hydrogen-bond acceptors (Lipinski definition) is 12. The van der Waals surface area contributed by atoms with E-state index in [1.165, 1.54) is 70.6 Å². The lowest BCUT2D eigenvalue weighted by molar-refractivity contribution is -0.143. The van der Waals surface area contributed by atoms with Crippen LogP contribution >= 0.6 is 43.2 Å². The highest BCUT2D eigenvalue weighted by atomic mass is 33.1. The quantitative estimate of drug-likeness (QED) is 0.0379. The molecule has 46 heavy (non-hydrogen) atoms. The number of ether oxygens (including phenoxy) is 2. The van der Waals surface area contributed by atoms with Crippen molar-refractivity contribution in [2.75, 3.05) is 88.7 Å². The Morgan fingerprint density at radius 3 is 1.48 bits per heavy atom. The van der Waals surface area contributed by atoms with Gasteiger partial charge in [0.1, 0.15) is 13.2 Å². The fourth-order valence-electron chi connectivity index (χ4n) is 4.74. The molecule has 0 fully saturated rings. The summed E-state index contributed by atoms with van der Waals surface area (Å²) < 4.78 is 10.9. The third kappa shape index (κ3) is 34.1. The lowest BCUT2D eigenvalue weighted by Crippen LogP contribution is -2.35. The van der Waals surface area contributed by atoms with E-state index >= 15 is 0 Å². The molecule has 0 bridgehead atoms. The van der Waals surface area contributed by atoms with Gasteiger partial charge >= 0.3 is 11.9 Å². The first kappa shape index (κ1) is 46.2. The lowest BCUT2D eigenvalue weighted by atomic mass is 10.0. The number of aliphatic hydroxyl groups is 2. The molecule has 0 aromatic heterocycles. The Labute approximate surface area is 298 Å². The van der Waals surface area contributed by atoms with Crippen LogP contribution in [0.15, 0.2) is 0 Å². The number of carbonyl (C=O) groups excluding carboxylic acids is 2. The highest BCUT2D eigenvalue weighted by Gasteiger charge is 2.13. The first-order chi connectivity index (χ1) is 22.4. The predicted molar refractivity (Wildman–Crippen MR) is 204 cm³/mol. The van der Waals surface area contributed by atoms with Crippen LogP contribution in [0.25, 0.3) is 0 Å². The molecule has 0 atom stereocenters. The molecule has 0 rings (SSSR count). The molecule has 0 saturated carbocycles. The van der Waals surface area contributed by atoms with Gasteiger partial charge in [-0.15, -0.1) is 0 Å². The number of carbonyl (C=O) groups is 2. The smallest absolute Gasteiger partial charge is 0.307 e. The molecular weight excluding hydrogens is 661 g/mol. The third-order valence-corrected chi connectivity index (χ3v) is 12.3. The summed E-state index contributed by atoms with van der Waals surface area (Å²) in [5, 5.41) is 18.6. The number of hydrogen-bond donors (Lipinski definition) is 2. The van der Waals surface area contributed by atoms with Crippen molar-refractivity contribution in [1.82, 2.24) is 9.80 Å². The molecule has 0 saturated heterocycles. The van der Waals surface area contributed by atoms with E-state index in [4.69, 9.17) is 9.47 Å². The van der Waals surface area contributed by atoms with E-state index in [1.54, 1.807) is 21.6 Å². The minimum Gasteiger partial charge on any atom is -0.465 e. The molecule has 0 unspecified atom stereocenters. The summed E-state index contributed by atoms with van der Waals surface area (Å²) in [6.07, 6.45) is 15.7. The highest BCUT2D eigenvalue weighted by molar-refractivity contribution is 8.77. The molecule has 0 aliphatic rings. The maximum Gasteiger partial charge on any atom is 0.307 e. The van der Waals surface area contributed by atoms with E-state index in [-0.39, 0.29) is 38.0 Å². The maximum absolute atomic E-state index is 12.4. The van der Waals surface area contributed by atoms with Gasteiger partial charge in [0.05, 0.1) is 26.1 Å². The maximum atomic E-state index is 12.4. The van der Waals surface area contributed by atoms with Crippen LogP contribution in [0.1, 0.15) is 111 Å². The average Bonchev–Trinajstić information content (AvgIpc) is 3.03. The molecule has 12 heteroatoms. The van der Waals surface area contributed by atoms with Crippen molar-refractivity contribution >= 4 is 55.1 Å². The summed E-state index contributed by atoms with van der Waals surface area (Å²) >= 11 is 0. The van der Waals surface area contributed by atoms with Gasteiger partial charge in [-0.05, 0) is 38.3 Å². The second-order valence-corrected chi connectivity index (χ2v) is 17.5. The molecule has 0 amide bonds. The van der Waals surface area contributed by atoms with Crippen molar-refractivity contribution < 1.29 is 29.3 Å². The average molecular weight is 729 g/mol. The van der Waals surface area contributed by atoms with E-state index in [2.05, 4.69) is 25.7 Å². The number of aliphatic hydroxyl groups excluding tert-OH is 2. The molecule has 0 aromatic carbocycles.